The molecule has 1 aromatic rings. The Morgan fingerprint density at radius 2 is 2.11 bits per heavy atom. The van der Waals surface area contributed by atoms with E-state index >= 15 is 0 Å². The van der Waals surface area contributed by atoms with Crippen molar-refractivity contribution in [3.63, 3.8) is 0 Å². The summed E-state index contributed by atoms with van der Waals surface area (Å²) in [6, 6.07) is 10.2. The summed E-state index contributed by atoms with van der Waals surface area (Å²) in [7, 11) is 1.47. The van der Waals surface area contributed by atoms with Crippen LogP contribution in [0.2, 0.25) is 0 Å². The van der Waals surface area contributed by atoms with Crippen LogP contribution < -0.4 is 0 Å². The first-order valence-electron chi connectivity index (χ1n) is 6.58. The minimum Gasteiger partial charge on any atom is -0.469 e. The lowest BCUT2D eigenvalue weighted by Crippen LogP contribution is -2.14. The summed E-state index contributed by atoms with van der Waals surface area (Å²) in [6.07, 6.45) is 5.23. The van der Waals surface area contributed by atoms with Gasteiger partial charge in [0.25, 0.3) is 0 Å². The SMILES string of the molecule is CCC1C/C(=C\c2ccccc2)C(C(=O)OC)C1. The van der Waals surface area contributed by atoms with Gasteiger partial charge in [0.1, 0.15) is 0 Å². The van der Waals surface area contributed by atoms with Gasteiger partial charge in [0.05, 0.1) is 13.0 Å². The fourth-order valence-corrected chi connectivity index (χ4v) is 2.67. The molecule has 0 spiro atoms. The number of hydrogen-bond acceptors (Lipinski definition) is 2. The lowest BCUT2D eigenvalue weighted by atomic mass is 10.0. The first-order valence-corrected chi connectivity index (χ1v) is 6.58. The molecule has 0 N–H and O–H groups in total. The van der Waals surface area contributed by atoms with Gasteiger partial charge in [-0.2, -0.15) is 0 Å². The smallest absolute Gasteiger partial charge is 0.312 e. The molecule has 0 bridgehead atoms. The molecule has 1 aromatic carbocycles. The van der Waals surface area contributed by atoms with Crippen molar-refractivity contribution in [3.8, 4) is 0 Å². The molecule has 2 nitrogen and oxygen atoms in total. The van der Waals surface area contributed by atoms with Crippen molar-refractivity contribution in [1.29, 1.82) is 0 Å². The third-order valence-electron chi connectivity index (χ3n) is 3.76. The Bertz CT molecular complexity index is 434. The Morgan fingerprint density at radius 3 is 2.72 bits per heavy atom. The van der Waals surface area contributed by atoms with Crippen LogP contribution in [-0.2, 0) is 9.53 Å². The zero-order valence-corrected chi connectivity index (χ0v) is 11.1. The summed E-state index contributed by atoms with van der Waals surface area (Å²) >= 11 is 0. The summed E-state index contributed by atoms with van der Waals surface area (Å²) < 4.78 is 4.92. The van der Waals surface area contributed by atoms with Gasteiger partial charge < -0.3 is 4.74 Å². The van der Waals surface area contributed by atoms with Gasteiger partial charge in [0.15, 0.2) is 0 Å². The monoisotopic (exact) mass is 244 g/mol. The molecule has 2 atom stereocenters. The highest BCUT2D eigenvalue weighted by Gasteiger charge is 2.33. The van der Waals surface area contributed by atoms with Gasteiger partial charge in [-0.25, -0.2) is 0 Å². The average molecular weight is 244 g/mol. The Kier molecular flexibility index (Phi) is 4.19. The third-order valence-corrected chi connectivity index (χ3v) is 3.76. The topological polar surface area (TPSA) is 26.3 Å². The van der Waals surface area contributed by atoms with E-state index in [2.05, 4.69) is 25.1 Å². The van der Waals surface area contributed by atoms with Gasteiger partial charge in [-0.1, -0.05) is 55.3 Å². The van der Waals surface area contributed by atoms with Crippen molar-refractivity contribution < 1.29 is 9.53 Å². The molecule has 18 heavy (non-hydrogen) atoms. The van der Waals surface area contributed by atoms with E-state index < -0.39 is 0 Å². The molecular formula is C16H20O2. The molecule has 1 fully saturated rings. The maximum Gasteiger partial charge on any atom is 0.312 e. The summed E-state index contributed by atoms with van der Waals surface area (Å²) in [5, 5.41) is 0. The van der Waals surface area contributed by atoms with Crippen molar-refractivity contribution in [2.45, 2.75) is 26.2 Å². The van der Waals surface area contributed by atoms with E-state index in [-0.39, 0.29) is 11.9 Å². The number of rotatable bonds is 3. The predicted molar refractivity (Wildman–Crippen MR) is 72.9 cm³/mol. The number of carbonyl (C=O) groups is 1. The maximum absolute atomic E-state index is 11.8. The molecule has 0 aliphatic heterocycles. The van der Waals surface area contributed by atoms with Crippen LogP contribution in [0.25, 0.3) is 6.08 Å². The molecule has 0 aromatic heterocycles. The number of ether oxygens (including phenoxy) is 1. The second-order valence-corrected chi connectivity index (χ2v) is 4.92. The predicted octanol–water partition coefficient (Wildman–Crippen LogP) is 3.68. The number of esters is 1. The van der Waals surface area contributed by atoms with E-state index in [9.17, 15) is 4.79 Å². The van der Waals surface area contributed by atoms with Crippen molar-refractivity contribution in [1.82, 2.24) is 0 Å². The van der Waals surface area contributed by atoms with Crippen molar-refractivity contribution in [3.05, 3.63) is 41.5 Å². The lowest BCUT2D eigenvalue weighted by Gasteiger charge is -2.09. The standard InChI is InChI=1S/C16H20O2/c1-3-12-9-14(15(11-12)16(17)18-2)10-13-7-5-4-6-8-13/h4-8,10,12,15H,3,9,11H2,1-2H3/b14-10+. The van der Waals surface area contributed by atoms with E-state index in [0.29, 0.717) is 5.92 Å². The average Bonchev–Trinajstić information content (AvgIpc) is 2.82. The Hall–Kier alpha value is -1.57. The zero-order valence-electron chi connectivity index (χ0n) is 11.1. The molecule has 1 aliphatic carbocycles. The first-order chi connectivity index (χ1) is 8.74. The van der Waals surface area contributed by atoms with Crippen LogP contribution >= 0.6 is 0 Å². The van der Waals surface area contributed by atoms with Crippen LogP contribution in [-0.4, -0.2) is 13.1 Å². The summed E-state index contributed by atoms with van der Waals surface area (Å²) in [5.41, 5.74) is 2.39. The molecular weight excluding hydrogens is 224 g/mol. The number of benzene rings is 1. The number of hydrogen-bond donors (Lipinski definition) is 0. The van der Waals surface area contributed by atoms with Crippen LogP contribution in [0.1, 0.15) is 31.7 Å². The van der Waals surface area contributed by atoms with Crippen LogP contribution in [0.4, 0.5) is 0 Å². The van der Waals surface area contributed by atoms with Gasteiger partial charge in [0, 0.05) is 0 Å². The second-order valence-electron chi connectivity index (χ2n) is 4.92. The molecule has 2 heteroatoms. The Labute approximate surface area is 109 Å². The maximum atomic E-state index is 11.8. The van der Waals surface area contributed by atoms with E-state index in [1.54, 1.807) is 0 Å². The largest absolute Gasteiger partial charge is 0.469 e. The highest BCUT2D eigenvalue weighted by atomic mass is 16.5. The van der Waals surface area contributed by atoms with E-state index in [4.69, 9.17) is 4.74 Å². The number of carbonyl (C=O) groups excluding carboxylic acids is 1. The molecule has 1 saturated carbocycles. The van der Waals surface area contributed by atoms with Crippen LogP contribution in [0.5, 0.6) is 0 Å². The lowest BCUT2D eigenvalue weighted by molar-refractivity contribution is -0.144. The zero-order chi connectivity index (χ0) is 13.0. The fourth-order valence-electron chi connectivity index (χ4n) is 2.67. The van der Waals surface area contributed by atoms with Crippen LogP contribution in [0.15, 0.2) is 35.9 Å². The molecule has 0 saturated heterocycles. The van der Waals surface area contributed by atoms with Gasteiger partial charge in [-0.3, -0.25) is 4.79 Å². The summed E-state index contributed by atoms with van der Waals surface area (Å²) in [5.74, 6) is 0.484. The third kappa shape index (κ3) is 2.81. The molecule has 0 radical (unpaired) electrons. The van der Waals surface area contributed by atoms with Crippen molar-refractivity contribution >= 4 is 12.0 Å². The van der Waals surface area contributed by atoms with Crippen molar-refractivity contribution in [2.24, 2.45) is 11.8 Å². The minimum atomic E-state index is -0.0897. The van der Waals surface area contributed by atoms with Gasteiger partial charge in [-0.15, -0.1) is 0 Å². The second kappa shape index (κ2) is 5.85. The molecule has 0 amide bonds. The highest BCUT2D eigenvalue weighted by Crippen LogP contribution is 2.39. The Morgan fingerprint density at radius 1 is 1.39 bits per heavy atom. The van der Waals surface area contributed by atoms with E-state index in [1.165, 1.54) is 12.7 Å². The van der Waals surface area contributed by atoms with Crippen LogP contribution in [0, 0.1) is 11.8 Å². The first kappa shape index (κ1) is 12.9. The summed E-state index contributed by atoms with van der Waals surface area (Å²) in [4.78, 5) is 11.8. The summed E-state index contributed by atoms with van der Waals surface area (Å²) in [6.45, 7) is 2.18. The minimum absolute atomic E-state index is 0.0415. The molecule has 96 valence electrons. The van der Waals surface area contributed by atoms with Gasteiger partial charge >= 0.3 is 5.97 Å². The molecule has 2 rings (SSSR count). The molecule has 0 heterocycles. The number of methoxy groups -OCH3 is 1. The van der Waals surface area contributed by atoms with Gasteiger partial charge in [-0.05, 0) is 24.3 Å². The fraction of sp³-hybridized carbons (Fsp3) is 0.438. The normalized spacial score (nSPS) is 25.3. The highest BCUT2D eigenvalue weighted by molar-refractivity contribution is 5.78. The molecule has 1 aliphatic rings. The van der Waals surface area contributed by atoms with E-state index in [1.807, 2.05) is 18.2 Å². The quantitative estimate of drug-likeness (QED) is 0.758. The molecule has 2 unspecified atom stereocenters. The van der Waals surface area contributed by atoms with E-state index in [0.717, 1.165) is 24.8 Å². The Balaban J connectivity index is 2.23. The van der Waals surface area contributed by atoms with Crippen LogP contribution in [0.3, 0.4) is 0 Å². The van der Waals surface area contributed by atoms with Crippen molar-refractivity contribution in [2.75, 3.05) is 7.11 Å². The van der Waals surface area contributed by atoms with Gasteiger partial charge in [0.2, 0.25) is 0 Å².